The second kappa shape index (κ2) is 5.09. The lowest BCUT2D eigenvalue weighted by molar-refractivity contribution is 0.101. The SMILES string of the molecule is CC(=O)c1c(C)nc2ccccc2c1-c1ccc(F)cc1. The standard InChI is InChI=1S/C18H14FNO/c1-11-17(12(2)21)18(13-7-9-14(19)10-8-13)15-5-3-4-6-16(15)20-11/h3-10H,1-2H3. The Balaban J connectivity index is 2.44. The monoisotopic (exact) mass is 279 g/mol. The largest absolute Gasteiger partial charge is 0.294 e. The molecule has 0 bridgehead atoms. The first-order valence-corrected chi connectivity index (χ1v) is 6.74. The summed E-state index contributed by atoms with van der Waals surface area (Å²) in [4.78, 5) is 16.6. The van der Waals surface area contributed by atoms with Gasteiger partial charge in [-0.1, -0.05) is 30.3 Å². The number of para-hydroxylation sites is 1. The first kappa shape index (κ1) is 13.4. The maximum absolute atomic E-state index is 13.2. The van der Waals surface area contributed by atoms with E-state index in [9.17, 15) is 9.18 Å². The zero-order valence-electron chi connectivity index (χ0n) is 11.9. The van der Waals surface area contributed by atoms with Gasteiger partial charge in [-0.25, -0.2) is 4.39 Å². The third-order valence-electron chi connectivity index (χ3n) is 3.56. The Labute approximate surface area is 122 Å². The lowest BCUT2D eigenvalue weighted by Crippen LogP contribution is -2.03. The number of carbonyl (C=O) groups excluding carboxylic acids is 1. The van der Waals surface area contributed by atoms with E-state index in [2.05, 4.69) is 4.98 Å². The van der Waals surface area contributed by atoms with Gasteiger partial charge in [-0.3, -0.25) is 9.78 Å². The van der Waals surface area contributed by atoms with E-state index >= 15 is 0 Å². The highest BCUT2D eigenvalue weighted by molar-refractivity contribution is 6.09. The highest BCUT2D eigenvalue weighted by Gasteiger charge is 2.17. The quantitative estimate of drug-likeness (QED) is 0.644. The van der Waals surface area contributed by atoms with Crippen molar-refractivity contribution in [2.75, 3.05) is 0 Å². The van der Waals surface area contributed by atoms with Gasteiger partial charge in [-0.15, -0.1) is 0 Å². The Morgan fingerprint density at radius 1 is 1.05 bits per heavy atom. The number of pyridine rings is 1. The van der Waals surface area contributed by atoms with E-state index in [1.165, 1.54) is 19.1 Å². The van der Waals surface area contributed by atoms with E-state index in [1.54, 1.807) is 12.1 Å². The van der Waals surface area contributed by atoms with Crippen molar-refractivity contribution in [3.8, 4) is 11.1 Å². The van der Waals surface area contributed by atoms with Gasteiger partial charge in [0.1, 0.15) is 5.82 Å². The average molecular weight is 279 g/mol. The van der Waals surface area contributed by atoms with E-state index in [1.807, 2.05) is 31.2 Å². The van der Waals surface area contributed by atoms with Crippen molar-refractivity contribution in [1.82, 2.24) is 4.98 Å². The number of hydrogen-bond acceptors (Lipinski definition) is 2. The van der Waals surface area contributed by atoms with Crippen LogP contribution in [0.25, 0.3) is 22.0 Å². The zero-order chi connectivity index (χ0) is 15.0. The number of Topliss-reactive ketones (excluding diaryl/α,β-unsaturated/α-hetero) is 1. The molecule has 1 heterocycles. The molecule has 0 radical (unpaired) electrons. The molecule has 3 rings (SSSR count). The van der Waals surface area contributed by atoms with Crippen LogP contribution in [-0.2, 0) is 0 Å². The van der Waals surface area contributed by atoms with Crippen molar-refractivity contribution in [1.29, 1.82) is 0 Å². The Hall–Kier alpha value is -2.55. The van der Waals surface area contributed by atoms with Crippen molar-refractivity contribution in [3.05, 3.63) is 65.6 Å². The van der Waals surface area contributed by atoms with Crippen molar-refractivity contribution in [3.63, 3.8) is 0 Å². The van der Waals surface area contributed by atoms with Crippen LogP contribution < -0.4 is 0 Å². The van der Waals surface area contributed by atoms with Crippen molar-refractivity contribution < 1.29 is 9.18 Å². The van der Waals surface area contributed by atoms with Crippen molar-refractivity contribution >= 4 is 16.7 Å². The molecule has 0 amide bonds. The molecular weight excluding hydrogens is 265 g/mol. The van der Waals surface area contributed by atoms with E-state index in [0.29, 0.717) is 11.3 Å². The van der Waals surface area contributed by atoms with Gasteiger partial charge in [0.15, 0.2) is 5.78 Å². The number of rotatable bonds is 2. The van der Waals surface area contributed by atoms with Crippen LogP contribution in [0.3, 0.4) is 0 Å². The summed E-state index contributed by atoms with van der Waals surface area (Å²) in [6, 6.07) is 13.9. The summed E-state index contributed by atoms with van der Waals surface area (Å²) in [6.45, 7) is 3.36. The highest BCUT2D eigenvalue weighted by Crippen LogP contribution is 2.33. The minimum Gasteiger partial charge on any atom is -0.294 e. The molecule has 0 aliphatic rings. The summed E-state index contributed by atoms with van der Waals surface area (Å²) < 4.78 is 13.2. The number of nitrogens with zero attached hydrogens (tertiary/aromatic N) is 1. The lowest BCUT2D eigenvalue weighted by Gasteiger charge is -2.13. The summed E-state index contributed by atoms with van der Waals surface area (Å²) in [5.41, 5.74) is 3.77. The molecule has 2 aromatic carbocycles. The molecule has 0 fully saturated rings. The summed E-state index contributed by atoms with van der Waals surface area (Å²) in [5, 5.41) is 0.903. The third kappa shape index (κ3) is 2.31. The molecule has 0 aliphatic carbocycles. The third-order valence-corrected chi connectivity index (χ3v) is 3.56. The summed E-state index contributed by atoms with van der Waals surface area (Å²) in [6.07, 6.45) is 0. The number of ketones is 1. The molecule has 0 saturated carbocycles. The fourth-order valence-corrected chi connectivity index (χ4v) is 2.68. The molecule has 0 N–H and O–H groups in total. The van der Waals surface area contributed by atoms with Gasteiger partial charge in [-0.05, 0) is 37.6 Å². The van der Waals surface area contributed by atoms with Gasteiger partial charge in [0, 0.05) is 22.2 Å². The van der Waals surface area contributed by atoms with Crippen LogP contribution in [0.2, 0.25) is 0 Å². The van der Waals surface area contributed by atoms with Gasteiger partial charge in [0.25, 0.3) is 0 Å². The molecule has 0 spiro atoms. The van der Waals surface area contributed by atoms with Crippen molar-refractivity contribution in [2.45, 2.75) is 13.8 Å². The second-order valence-corrected chi connectivity index (χ2v) is 5.03. The minimum atomic E-state index is -0.293. The fourth-order valence-electron chi connectivity index (χ4n) is 2.68. The number of carbonyl (C=O) groups is 1. The fraction of sp³-hybridized carbons (Fsp3) is 0.111. The predicted octanol–water partition coefficient (Wildman–Crippen LogP) is 4.55. The lowest BCUT2D eigenvalue weighted by atomic mass is 9.92. The molecule has 3 aromatic rings. The highest BCUT2D eigenvalue weighted by atomic mass is 19.1. The molecule has 21 heavy (non-hydrogen) atoms. The van der Waals surface area contributed by atoms with Crippen LogP contribution in [-0.4, -0.2) is 10.8 Å². The van der Waals surface area contributed by atoms with Crippen LogP contribution in [0.15, 0.2) is 48.5 Å². The first-order valence-electron chi connectivity index (χ1n) is 6.74. The Bertz CT molecular complexity index is 838. The molecule has 0 saturated heterocycles. The maximum atomic E-state index is 13.2. The number of halogens is 1. The number of fused-ring (bicyclic) bond motifs is 1. The van der Waals surface area contributed by atoms with Gasteiger partial charge in [0.2, 0.25) is 0 Å². The second-order valence-electron chi connectivity index (χ2n) is 5.03. The molecule has 104 valence electrons. The average Bonchev–Trinajstić information content (AvgIpc) is 2.46. The molecule has 3 heteroatoms. The number of hydrogen-bond donors (Lipinski definition) is 0. The van der Waals surface area contributed by atoms with E-state index < -0.39 is 0 Å². The van der Waals surface area contributed by atoms with Crippen molar-refractivity contribution in [2.24, 2.45) is 0 Å². The number of aromatic nitrogens is 1. The van der Waals surface area contributed by atoms with Gasteiger partial charge >= 0.3 is 0 Å². The minimum absolute atomic E-state index is 0.0370. The maximum Gasteiger partial charge on any atom is 0.162 e. The van der Waals surface area contributed by atoms with Gasteiger partial charge in [-0.2, -0.15) is 0 Å². The molecule has 0 aliphatic heterocycles. The number of aryl methyl sites for hydroxylation is 1. The van der Waals surface area contributed by atoms with Crippen LogP contribution in [0.5, 0.6) is 0 Å². The number of benzene rings is 2. The Morgan fingerprint density at radius 2 is 1.71 bits per heavy atom. The smallest absolute Gasteiger partial charge is 0.162 e. The Morgan fingerprint density at radius 3 is 2.38 bits per heavy atom. The van der Waals surface area contributed by atoms with Crippen LogP contribution in [0.4, 0.5) is 4.39 Å². The normalized spacial score (nSPS) is 10.8. The van der Waals surface area contributed by atoms with E-state index in [0.717, 1.165) is 22.0 Å². The topological polar surface area (TPSA) is 30.0 Å². The molecule has 0 atom stereocenters. The van der Waals surface area contributed by atoms with Crippen LogP contribution >= 0.6 is 0 Å². The van der Waals surface area contributed by atoms with Gasteiger partial charge in [0.05, 0.1) is 5.52 Å². The summed E-state index contributed by atoms with van der Waals surface area (Å²) in [7, 11) is 0. The van der Waals surface area contributed by atoms with E-state index in [-0.39, 0.29) is 11.6 Å². The molecule has 1 aromatic heterocycles. The van der Waals surface area contributed by atoms with Gasteiger partial charge < -0.3 is 0 Å². The zero-order valence-corrected chi connectivity index (χ0v) is 11.9. The molecular formula is C18H14FNO. The predicted molar refractivity (Wildman–Crippen MR) is 81.9 cm³/mol. The first-order chi connectivity index (χ1) is 10.1. The van der Waals surface area contributed by atoms with E-state index in [4.69, 9.17) is 0 Å². The Kier molecular flexibility index (Phi) is 3.26. The molecule has 0 unspecified atom stereocenters. The van der Waals surface area contributed by atoms with Crippen LogP contribution in [0, 0.1) is 12.7 Å². The summed E-state index contributed by atoms with van der Waals surface area (Å²) >= 11 is 0. The van der Waals surface area contributed by atoms with Crippen LogP contribution in [0.1, 0.15) is 23.0 Å². The molecule has 2 nitrogen and oxygen atoms in total. The summed E-state index contributed by atoms with van der Waals surface area (Å²) in [5.74, 6) is -0.330.